The number of aromatic amines is 1. The molecule has 2 N–H and O–H groups in total. The molecule has 0 aliphatic heterocycles. The topological polar surface area (TPSA) is 105 Å². The molecule has 1 unspecified atom stereocenters. The second-order valence-electron chi connectivity index (χ2n) is 8.39. The lowest BCUT2D eigenvalue weighted by atomic mass is 10.2. The van der Waals surface area contributed by atoms with Crippen molar-refractivity contribution in [3.63, 3.8) is 0 Å². The molecule has 2 aromatic heterocycles. The van der Waals surface area contributed by atoms with E-state index in [1.807, 2.05) is 49.9 Å². The minimum Gasteiger partial charge on any atom is -0.491 e. The number of ether oxygens (including phenoxy) is 2. The van der Waals surface area contributed by atoms with Gasteiger partial charge in [-0.15, -0.1) is 11.3 Å². The van der Waals surface area contributed by atoms with Crippen molar-refractivity contribution in [2.75, 3.05) is 19.8 Å². The number of hydrogen-bond acceptors (Lipinski definition) is 8. The fourth-order valence-electron chi connectivity index (χ4n) is 3.54. The number of aliphatic hydroxyl groups excluding tert-OH is 1. The zero-order chi connectivity index (χ0) is 24.8. The third-order valence-corrected chi connectivity index (χ3v) is 6.59. The van der Waals surface area contributed by atoms with Crippen molar-refractivity contribution in [1.82, 2.24) is 14.9 Å². The van der Waals surface area contributed by atoms with Crippen molar-refractivity contribution in [2.24, 2.45) is 0 Å². The number of aryl methyl sites for hydroxylation is 2. The fourth-order valence-corrected chi connectivity index (χ4v) is 4.63. The maximum absolute atomic E-state index is 12.8. The van der Waals surface area contributed by atoms with Gasteiger partial charge in [0.25, 0.3) is 5.56 Å². The van der Waals surface area contributed by atoms with Crippen molar-refractivity contribution >= 4 is 27.5 Å². The Labute approximate surface area is 202 Å². The highest BCUT2D eigenvalue weighted by molar-refractivity contribution is 7.20. The Morgan fingerprint density at radius 2 is 2.06 bits per heavy atom. The van der Waals surface area contributed by atoms with Gasteiger partial charge < -0.3 is 19.6 Å². The molecule has 0 aliphatic carbocycles. The number of hydrogen-bond donors (Lipinski definition) is 2. The Bertz CT molecular complexity index is 1220. The average Bonchev–Trinajstić information content (AvgIpc) is 3.13. The summed E-state index contributed by atoms with van der Waals surface area (Å²) in [5.41, 5.74) is 1.26. The Kier molecular flexibility index (Phi) is 8.60. The lowest BCUT2D eigenvalue weighted by Gasteiger charge is -2.28. The van der Waals surface area contributed by atoms with Gasteiger partial charge in [0.05, 0.1) is 11.9 Å². The van der Waals surface area contributed by atoms with Crippen LogP contribution in [0.5, 0.6) is 5.75 Å². The predicted molar refractivity (Wildman–Crippen MR) is 134 cm³/mol. The van der Waals surface area contributed by atoms with E-state index in [9.17, 15) is 14.7 Å². The van der Waals surface area contributed by atoms with Gasteiger partial charge in [-0.1, -0.05) is 30.9 Å². The van der Waals surface area contributed by atoms with Crippen molar-refractivity contribution < 1.29 is 19.4 Å². The summed E-state index contributed by atoms with van der Waals surface area (Å²) in [6.45, 7) is 12.1. The molecule has 0 aliphatic rings. The summed E-state index contributed by atoms with van der Waals surface area (Å²) in [5, 5.41) is 11.0. The normalized spacial score (nSPS) is 12.3. The Hall–Kier alpha value is -3.01. The smallest absolute Gasteiger partial charge is 0.348 e. The first kappa shape index (κ1) is 25.6. The molecule has 9 heteroatoms. The van der Waals surface area contributed by atoms with E-state index in [1.165, 1.54) is 6.08 Å². The maximum atomic E-state index is 12.8. The van der Waals surface area contributed by atoms with Crippen molar-refractivity contribution in [2.45, 2.75) is 46.4 Å². The van der Waals surface area contributed by atoms with E-state index in [2.05, 4.69) is 16.5 Å². The van der Waals surface area contributed by atoms with Crippen LogP contribution in [0.3, 0.4) is 0 Å². The number of H-pyrrole nitrogens is 1. The van der Waals surface area contributed by atoms with Crippen LogP contribution in [0, 0.1) is 13.8 Å². The number of para-hydroxylation sites is 1. The summed E-state index contributed by atoms with van der Waals surface area (Å²) in [5.74, 6) is 0.706. The van der Waals surface area contributed by atoms with Crippen LogP contribution >= 0.6 is 11.3 Å². The van der Waals surface area contributed by atoms with E-state index < -0.39 is 12.1 Å². The number of aromatic nitrogens is 2. The van der Waals surface area contributed by atoms with Crippen LogP contribution in [0.1, 0.15) is 40.5 Å². The van der Waals surface area contributed by atoms with E-state index in [1.54, 1.807) is 6.92 Å². The fraction of sp³-hybridized carbons (Fsp3) is 0.400. The monoisotopic (exact) mass is 485 g/mol. The Morgan fingerprint density at radius 3 is 2.74 bits per heavy atom. The van der Waals surface area contributed by atoms with Crippen molar-refractivity contribution in [3.8, 4) is 5.75 Å². The molecule has 0 bridgehead atoms. The highest BCUT2D eigenvalue weighted by Gasteiger charge is 2.22. The lowest BCUT2D eigenvalue weighted by molar-refractivity contribution is 0.0531. The van der Waals surface area contributed by atoms with Crippen molar-refractivity contribution in [1.29, 1.82) is 0 Å². The Balaban J connectivity index is 1.74. The van der Waals surface area contributed by atoms with Crippen LogP contribution in [0.4, 0.5) is 0 Å². The molecule has 1 atom stereocenters. The van der Waals surface area contributed by atoms with E-state index in [0.717, 1.165) is 22.6 Å². The summed E-state index contributed by atoms with van der Waals surface area (Å²) in [6, 6.07) is 7.74. The van der Waals surface area contributed by atoms with E-state index in [-0.39, 0.29) is 24.8 Å². The third-order valence-electron chi connectivity index (χ3n) is 5.42. The molecule has 8 nitrogen and oxygen atoms in total. The molecule has 3 aromatic rings. The standard InChI is InChI=1S/C25H31N3O5S/c1-6-11-32-25(31)22-17(5)21-23(30)26-20(27-24(21)34-22)13-28(15(2)3)12-18(29)14-33-19-10-8-7-9-16(19)4/h6-10,15,18,29H,1,11-14H2,2-5H3,(H,26,27,30). The van der Waals surface area contributed by atoms with Gasteiger partial charge in [-0.05, 0) is 44.9 Å². The SMILES string of the molecule is C=CCOC(=O)c1sc2nc(CN(CC(O)COc3ccccc3C)C(C)C)[nH]c(=O)c2c1C. The second kappa shape index (κ2) is 11.4. The third kappa shape index (κ3) is 6.11. The van der Waals surface area contributed by atoms with Gasteiger partial charge in [0.2, 0.25) is 0 Å². The molecule has 0 amide bonds. The number of rotatable bonds is 11. The molecule has 0 saturated carbocycles. The van der Waals surface area contributed by atoms with Gasteiger partial charge in [-0.3, -0.25) is 9.69 Å². The number of nitrogens with zero attached hydrogens (tertiary/aromatic N) is 2. The summed E-state index contributed by atoms with van der Waals surface area (Å²) in [4.78, 5) is 35.4. The molecule has 0 radical (unpaired) electrons. The number of carbonyl (C=O) groups excluding carboxylic acids is 1. The van der Waals surface area contributed by atoms with Crippen LogP contribution in [0.15, 0.2) is 41.7 Å². The number of thiophene rings is 1. The number of esters is 1. The van der Waals surface area contributed by atoms with Gasteiger partial charge >= 0.3 is 5.97 Å². The Morgan fingerprint density at radius 1 is 1.32 bits per heavy atom. The molecular formula is C25H31N3O5S. The largest absolute Gasteiger partial charge is 0.491 e. The molecular weight excluding hydrogens is 454 g/mol. The number of fused-ring (bicyclic) bond motifs is 1. The number of benzene rings is 1. The molecule has 0 spiro atoms. The molecule has 182 valence electrons. The van der Waals surface area contributed by atoms with Gasteiger partial charge in [-0.2, -0.15) is 0 Å². The number of nitrogens with one attached hydrogen (secondary N) is 1. The lowest BCUT2D eigenvalue weighted by Crippen LogP contribution is -2.40. The molecule has 3 rings (SSSR count). The summed E-state index contributed by atoms with van der Waals surface area (Å²) in [6.07, 6.45) is 0.762. The highest BCUT2D eigenvalue weighted by atomic mass is 32.1. The molecule has 1 aromatic carbocycles. The quantitative estimate of drug-likeness (QED) is 0.316. The second-order valence-corrected chi connectivity index (χ2v) is 9.39. The molecule has 0 fully saturated rings. The van der Waals surface area contributed by atoms with Gasteiger partial charge in [0, 0.05) is 12.6 Å². The van der Waals surface area contributed by atoms with Crippen LogP contribution in [-0.2, 0) is 11.3 Å². The molecule has 0 saturated heterocycles. The van der Waals surface area contributed by atoms with E-state index in [4.69, 9.17) is 9.47 Å². The van der Waals surface area contributed by atoms with Crippen LogP contribution in [0.2, 0.25) is 0 Å². The van der Waals surface area contributed by atoms with Crippen LogP contribution < -0.4 is 10.3 Å². The zero-order valence-electron chi connectivity index (χ0n) is 20.0. The minimum absolute atomic E-state index is 0.0867. The summed E-state index contributed by atoms with van der Waals surface area (Å²) < 4.78 is 10.9. The zero-order valence-corrected chi connectivity index (χ0v) is 20.8. The number of aliphatic hydroxyl groups is 1. The van der Waals surface area contributed by atoms with Crippen molar-refractivity contribution in [3.05, 3.63) is 69.1 Å². The molecule has 34 heavy (non-hydrogen) atoms. The predicted octanol–water partition coefficient (Wildman–Crippen LogP) is 3.59. The van der Waals surface area contributed by atoms with E-state index >= 15 is 0 Å². The first-order valence-electron chi connectivity index (χ1n) is 11.1. The minimum atomic E-state index is -0.729. The van der Waals surface area contributed by atoms with Crippen LogP contribution in [0.25, 0.3) is 10.2 Å². The summed E-state index contributed by atoms with van der Waals surface area (Å²) in [7, 11) is 0. The number of carbonyl (C=O) groups is 1. The summed E-state index contributed by atoms with van der Waals surface area (Å²) >= 11 is 1.14. The molecule has 2 heterocycles. The van der Waals surface area contributed by atoms with Crippen LogP contribution in [-0.4, -0.2) is 57.8 Å². The average molecular weight is 486 g/mol. The first-order valence-corrected chi connectivity index (χ1v) is 11.9. The highest BCUT2D eigenvalue weighted by Crippen LogP contribution is 2.28. The van der Waals surface area contributed by atoms with Gasteiger partial charge in [0.1, 0.15) is 40.6 Å². The van der Waals surface area contributed by atoms with E-state index in [0.29, 0.717) is 39.6 Å². The maximum Gasteiger partial charge on any atom is 0.348 e. The van der Waals surface area contributed by atoms with Gasteiger partial charge in [-0.25, -0.2) is 9.78 Å². The van der Waals surface area contributed by atoms with Gasteiger partial charge in [0.15, 0.2) is 0 Å². The first-order chi connectivity index (χ1) is 16.2.